The van der Waals surface area contributed by atoms with Crippen molar-refractivity contribution in [3.63, 3.8) is 0 Å². The second-order valence-corrected chi connectivity index (χ2v) is 7.65. The lowest BCUT2D eigenvalue weighted by atomic mass is 9.93. The molecule has 0 bridgehead atoms. The first-order chi connectivity index (χ1) is 8.44. The van der Waals surface area contributed by atoms with Crippen LogP contribution in [0.5, 0.6) is 0 Å². The van der Waals surface area contributed by atoms with Crippen molar-refractivity contribution >= 4 is 10.0 Å². The number of nitrogens with zero attached hydrogens (tertiary/aromatic N) is 1. The fourth-order valence-electron chi connectivity index (χ4n) is 2.97. The van der Waals surface area contributed by atoms with E-state index in [1.807, 2.05) is 13.8 Å². The highest BCUT2D eigenvalue weighted by Crippen LogP contribution is 2.31. The van der Waals surface area contributed by atoms with E-state index in [0.29, 0.717) is 6.54 Å². The highest BCUT2D eigenvalue weighted by atomic mass is 32.2. The first-order valence-electron chi connectivity index (χ1n) is 7.12. The molecular formula is C13H28N2O2S. The summed E-state index contributed by atoms with van der Waals surface area (Å²) in [6.45, 7) is 4.43. The lowest BCUT2D eigenvalue weighted by molar-refractivity contribution is 0.204. The van der Waals surface area contributed by atoms with Gasteiger partial charge in [-0.3, -0.25) is 0 Å². The molecule has 1 fully saturated rings. The van der Waals surface area contributed by atoms with Crippen molar-refractivity contribution in [2.45, 2.75) is 69.6 Å². The Balaban J connectivity index is 2.95. The van der Waals surface area contributed by atoms with Crippen LogP contribution in [-0.4, -0.2) is 37.1 Å². The minimum Gasteiger partial charge on any atom is -0.329 e. The van der Waals surface area contributed by atoms with Crippen molar-refractivity contribution in [2.75, 3.05) is 13.6 Å². The van der Waals surface area contributed by atoms with Crippen molar-refractivity contribution < 1.29 is 8.42 Å². The Morgan fingerprint density at radius 2 is 1.67 bits per heavy atom. The van der Waals surface area contributed by atoms with Crippen molar-refractivity contribution in [3.8, 4) is 0 Å². The molecule has 0 spiro atoms. The molecule has 0 aromatic carbocycles. The molecule has 0 aromatic heterocycles. The predicted octanol–water partition coefficient (Wildman–Crippen LogP) is 2.10. The van der Waals surface area contributed by atoms with E-state index >= 15 is 0 Å². The molecule has 108 valence electrons. The first-order valence-corrected chi connectivity index (χ1v) is 8.63. The monoisotopic (exact) mass is 276 g/mol. The van der Waals surface area contributed by atoms with Crippen molar-refractivity contribution in [3.05, 3.63) is 0 Å². The highest BCUT2D eigenvalue weighted by Gasteiger charge is 2.41. The number of sulfonamides is 1. The van der Waals surface area contributed by atoms with Gasteiger partial charge in [0.25, 0.3) is 0 Å². The van der Waals surface area contributed by atoms with Gasteiger partial charge in [-0.2, -0.15) is 4.31 Å². The standard InChI is InChI=1S/C13H28N2O2S/c1-4-13(5-2,11-14)15(3)18(16,17)12-9-7-6-8-10-12/h12H,4-11,14H2,1-3H3. The normalized spacial score (nSPS) is 19.4. The third kappa shape index (κ3) is 2.89. The fraction of sp³-hybridized carbons (Fsp3) is 1.00. The zero-order valence-electron chi connectivity index (χ0n) is 12.0. The number of hydrogen-bond donors (Lipinski definition) is 1. The molecule has 0 unspecified atom stereocenters. The largest absolute Gasteiger partial charge is 0.329 e. The van der Waals surface area contributed by atoms with Gasteiger partial charge in [0.05, 0.1) is 5.25 Å². The third-order valence-electron chi connectivity index (χ3n) is 4.72. The Labute approximate surface area is 112 Å². The topological polar surface area (TPSA) is 63.4 Å². The molecule has 1 rings (SSSR count). The van der Waals surface area contributed by atoms with E-state index in [9.17, 15) is 8.42 Å². The zero-order valence-corrected chi connectivity index (χ0v) is 12.8. The van der Waals surface area contributed by atoms with E-state index in [1.54, 1.807) is 11.4 Å². The SMILES string of the molecule is CCC(CC)(CN)N(C)S(=O)(=O)C1CCCCC1. The highest BCUT2D eigenvalue weighted by molar-refractivity contribution is 7.89. The molecule has 18 heavy (non-hydrogen) atoms. The summed E-state index contributed by atoms with van der Waals surface area (Å²) in [5.74, 6) is 0. The van der Waals surface area contributed by atoms with Crippen molar-refractivity contribution in [2.24, 2.45) is 5.73 Å². The Kier molecular flexibility index (Phi) is 5.62. The Morgan fingerprint density at radius 3 is 2.06 bits per heavy atom. The van der Waals surface area contributed by atoms with Crippen LogP contribution in [0, 0.1) is 0 Å². The lowest BCUT2D eigenvalue weighted by Crippen LogP contribution is -2.56. The quantitative estimate of drug-likeness (QED) is 0.808. The fourth-order valence-corrected chi connectivity index (χ4v) is 5.22. The summed E-state index contributed by atoms with van der Waals surface area (Å²) in [6.07, 6.45) is 6.38. The average Bonchev–Trinajstić information content (AvgIpc) is 2.42. The molecule has 1 saturated carbocycles. The van der Waals surface area contributed by atoms with Gasteiger partial charge < -0.3 is 5.73 Å². The van der Waals surface area contributed by atoms with E-state index in [2.05, 4.69) is 0 Å². The van der Waals surface area contributed by atoms with Gasteiger partial charge in [-0.15, -0.1) is 0 Å². The Hall–Kier alpha value is -0.130. The van der Waals surface area contributed by atoms with Gasteiger partial charge in [-0.05, 0) is 25.7 Å². The summed E-state index contributed by atoms with van der Waals surface area (Å²) < 4.78 is 26.9. The van der Waals surface area contributed by atoms with Crippen LogP contribution >= 0.6 is 0 Å². The van der Waals surface area contributed by atoms with Gasteiger partial charge in [0.1, 0.15) is 0 Å². The number of hydrogen-bond acceptors (Lipinski definition) is 3. The van der Waals surface area contributed by atoms with Crippen LogP contribution in [0.2, 0.25) is 0 Å². The Morgan fingerprint density at radius 1 is 1.17 bits per heavy atom. The summed E-state index contributed by atoms with van der Waals surface area (Å²) in [7, 11) is -1.49. The van der Waals surface area contributed by atoms with Crippen molar-refractivity contribution in [1.82, 2.24) is 4.31 Å². The van der Waals surface area contributed by atoms with Crippen LogP contribution in [-0.2, 0) is 10.0 Å². The molecule has 2 N–H and O–H groups in total. The van der Waals surface area contributed by atoms with Crippen LogP contribution in [0.15, 0.2) is 0 Å². The molecule has 4 nitrogen and oxygen atoms in total. The van der Waals surface area contributed by atoms with E-state index in [4.69, 9.17) is 5.73 Å². The second kappa shape index (κ2) is 6.35. The van der Waals surface area contributed by atoms with Gasteiger partial charge in [0, 0.05) is 19.1 Å². The molecule has 0 atom stereocenters. The molecule has 5 heteroatoms. The minimum absolute atomic E-state index is 0.194. The van der Waals surface area contributed by atoms with Gasteiger partial charge in [-0.1, -0.05) is 33.1 Å². The van der Waals surface area contributed by atoms with Crippen molar-refractivity contribution in [1.29, 1.82) is 0 Å². The van der Waals surface area contributed by atoms with E-state index in [1.165, 1.54) is 6.42 Å². The summed E-state index contributed by atoms with van der Waals surface area (Å²) in [5, 5.41) is -0.194. The second-order valence-electron chi connectivity index (χ2n) is 5.41. The molecule has 0 aromatic rings. The van der Waals surface area contributed by atoms with Crippen LogP contribution in [0.25, 0.3) is 0 Å². The van der Waals surface area contributed by atoms with E-state index in [-0.39, 0.29) is 5.25 Å². The number of rotatable bonds is 6. The summed E-state index contributed by atoms with van der Waals surface area (Å²) >= 11 is 0. The maximum atomic E-state index is 12.7. The van der Waals surface area contributed by atoms with E-state index in [0.717, 1.165) is 38.5 Å². The molecule has 0 aliphatic heterocycles. The van der Waals surface area contributed by atoms with Gasteiger partial charge in [0.2, 0.25) is 10.0 Å². The first kappa shape index (κ1) is 15.9. The third-order valence-corrected chi connectivity index (χ3v) is 7.18. The molecule has 1 aliphatic carbocycles. The molecular weight excluding hydrogens is 248 g/mol. The average molecular weight is 276 g/mol. The van der Waals surface area contributed by atoms with Gasteiger partial charge in [-0.25, -0.2) is 8.42 Å². The predicted molar refractivity (Wildman–Crippen MR) is 75.9 cm³/mol. The van der Waals surface area contributed by atoms with Gasteiger partial charge >= 0.3 is 0 Å². The molecule has 1 aliphatic rings. The minimum atomic E-state index is -3.20. The molecule has 0 amide bonds. The smallest absolute Gasteiger partial charge is 0.217 e. The summed E-state index contributed by atoms with van der Waals surface area (Å²) in [5.41, 5.74) is 5.44. The molecule has 0 radical (unpaired) electrons. The summed E-state index contributed by atoms with van der Waals surface area (Å²) in [6, 6.07) is 0. The zero-order chi connectivity index (χ0) is 13.8. The maximum Gasteiger partial charge on any atom is 0.217 e. The van der Waals surface area contributed by atoms with Gasteiger partial charge in [0.15, 0.2) is 0 Å². The van der Waals surface area contributed by atoms with Crippen LogP contribution in [0.1, 0.15) is 58.8 Å². The van der Waals surface area contributed by atoms with Crippen LogP contribution < -0.4 is 5.73 Å². The molecule has 0 saturated heterocycles. The lowest BCUT2D eigenvalue weighted by Gasteiger charge is -2.41. The van der Waals surface area contributed by atoms with Crippen LogP contribution in [0.3, 0.4) is 0 Å². The summed E-state index contributed by atoms with van der Waals surface area (Å²) in [4.78, 5) is 0. The Bertz CT molecular complexity index is 336. The molecule has 0 heterocycles. The number of likely N-dealkylation sites (N-methyl/N-ethyl adjacent to an activating group) is 1. The van der Waals surface area contributed by atoms with E-state index < -0.39 is 15.6 Å². The number of nitrogens with two attached hydrogens (primary N) is 1. The maximum absolute atomic E-state index is 12.7. The van der Waals surface area contributed by atoms with Crippen LogP contribution in [0.4, 0.5) is 0 Å².